The lowest BCUT2D eigenvalue weighted by atomic mass is 10.3. The van der Waals surface area contributed by atoms with Crippen molar-refractivity contribution in [2.24, 2.45) is 7.05 Å². The Balaban J connectivity index is 1.45. The van der Waals surface area contributed by atoms with Crippen LogP contribution in [0.1, 0.15) is 13.3 Å². The number of anilines is 1. The molecule has 1 saturated heterocycles. The van der Waals surface area contributed by atoms with E-state index in [4.69, 9.17) is 0 Å². The van der Waals surface area contributed by atoms with Crippen molar-refractivity contribution in [2.45, 2.75) is 13.3 Å². The first-order valence-corrected chi connectivity index (χ1v) is 8.09. The van der Waals surface area contributed by atoms with Gasteiger partial charge in [0, 0.05) is 39.8 Å². The third-order valence-corrected chi connectivity index (χ3v) is 4.39. The molecule has 0 amide bonds. The number of piperazine rings is 1. The van der Waals surface area contributed by atoms with Crippen molar-refractivity contribution < 1.29 is 0 Å². The Morgan fingerprint density at radius 3 is 2.68 bits per heavy atom. The molecule has 1 aliphatic rings. The first kappa shape index (κ1) is 15.2. The van der Waals surface area contributed by atoms with Crippen LogP contribution >= 0.6 is 0 Å². The Morgan fingerprint density at radius 1 is 1.14 bits per heavy atom. The predicted octanol–water partition coefficient (Wildman–Crippen LogP) is 0.803. The summed E-state index contributed by atoms with van der Waals surface area (Å²) in [6.45, 7) is 10.3. The third kappa shape index (κ3) is 3.36. The van der Waals surface area contributed by atoms with Crippen molar-refractivity contribution in [3.63, 3.8) is 0 Å². The van der Waals surface area contributed by atoms with Crippen LogP contribution in [0, 0.1) is 0 Å². The van der Waals surface area contributed by atoms with Crippen molar-refractivity contribution in [2.75, 3.05) is 51.1 Å². The highest BCUT2D eigenvalue weighted by Crippen LogP contribution is 2.17. The van der Waals surface area contributed by atoms with E-state index in [-0.39, 0.29) is 0 Å². The fourth-order valence-corrected chi connectivity index (χ4v) is 2.94. The van der Waals surface area contributed by atoms with Gasteiger partial charge in [0.05, 0.1) is 11.6 Å². The van der Waals surface area contributed by atoms with Crippen molar-refractivity contribution in [1.29, 1.82) is 0 Å². The van der Waals surface area contributed by atoms with Gasteiger partial charge in [-0.25, -0.2) is 9.97 Å². The van der Waals surface area contributed by atoms with Crippen LogP contribution < -0.4 is 5.32 Å². The second-order valence-electron chi connectivity index (χ2n) is 5.78. The Labute approximate surface area is 131 Å². The van der Waals surface area contributed by atoms with E-state index in [0.29, 0.717) is 0 Å². The quantitative estimate of drug-likeness (QED) is 0.797. The van der Waals surface area contributed by atoms with Gasteiger partial charge in [0.15, 0.2) is 5.65 Å². The van der Waals surface area contributed by atoms with Gasteiger partial charge in [-0.05, 0) is 19.5 Å². The van der Waals surface area contributed by atoms with Crippen LogP contribution in [0.25, 0.3) is 11.0 Å². The maximum atomic E-state index is 4.33. The Morgan fingerprint density at radius 2 is 1.91 bits per heavy atom. The maximum absolute atomic E-state index is 4.33. The number of nitrogens with one attached hydrogen (secondary N) is 1. The zero-order chi connectivity index (χ0) is 15.4. The molecule has 0 aliphatic carbocycles. The Hall–Kier alpha value is -1.73. The Kier molecular flexibility index (Phi) is 4.84. The highest BCUT2D eigenvalue weighted by molar-refractivity contribution is 5.85. The van der Waals surface area contributed by atoms with E-state index in [1.54, 1.807) is 11.0 Å². The van der Waals surface area contributed by atoms with E-state index in [9.17, 15) is 0 Å². The number of rotatable bonds is 6. The van der Waals surface area contributed by atoms with E-state index < -0.39 is 0 Å². The van der Waals surface area contributed by atoms with E-state index in [1.165, 1.54) is 32.7 Å². The molecule has 2 aromatic heterocycles. The molecular formula is C15H25N7. The second-order valence-corrected chi connectivity index (χ2v) is 5.78. The summed E-state index contributed by atoms with van der Waals surface area (Å²) in [6.07, 6.45) is 4.54. The van der Waals surface area contributed by atoms with Gasteiger partial charge in [-0.15, -0.1) is 0 Å². The molecule has 0 atom stereocenters. The van der Waals surface area contributed by atoms with Crippen molar-refractivity contribution in [3.8, 4) is 0 Å². The standard InChI is InChI=1S/C15H25N7/c1-3-21-7-9-22(10-8-21)6-4-5-16-14-13-11-19-20(2)15(13)18-12-17-14/h11-12H,3-10H2,1-2H3,(H,16,17,18). The number of fused-ring (bicyclic) bond motifs is 1. The zero-order valence-electron chi connectivity index (χ0n) is 13.5. The number of nitrogens with zero attached hydrogens (tertiary/aromatic N) is 6. The van der Waals surface area contributed by atoms with Gasteiger partial charge in [-0.3, -0.25) is 4.68 Å². The fourth-order valence-electron chi connectivity index (χ4n) is 2.94. The second kappa shape index (κ2) is 7.02. The minimum absolute atomic E-state index is 0.869. The van der Waals surface area contributed by atoms with Crippen LogP contribution in [-0.4, -0.2) is 75.4 Å². The smallest absolute Gasteiger partial charge is 0.163 e. The van der Waals surface area contributed by atoms with Crippen LogP contribution in [-0.2, 0) is 7.05 Å². The lowest BCUT2D eigenvalue weighted by Gasteiger charge is -2.33. The highest BCUT2D eigenvalue weighted by atomic mass is 15.3. The molecule has 0 spiro atoms. The molecule has 0 aromatic carbocycles. The van der Waals surface area contributed by atoms with Crippen LogP contribution in [0.4, 0.5) is 5.82 Å². The SMILES string of the molecule is CCN1CCN(CCCNc2ncnc3c2cnn3C)CC1. The molecule has 0 radical (unpaired) electrons. The number of likely N-dealkylation sites (N-methyl/N-ethyl adjacent to an activating group) is 1. The fraction of sp³-hybridized carbons (Fsp3) is 0.667. The molecule has 1 aliphatic heterocycles. The molecule has 1 fully saturated rings. The molecule has 3 heterocycles. The summed E-state index contributed by atoms with van der Waals surface area (Å²) < 4.78 is 1.77. The monoisotopic (exact) mass is 303 g/mol. The molecule has 2 aromatic rings. The van der Waals surface area contributed by atoms with E-state index in [0.717, 1.165) is 36.4 Å². The largest absolute Gasteiger partial charge is 0.369 e. The summed E-state index contributed by atoms with van der Waals surface area (Å²) in [5, 5.41) is 8.64. The van der Waals surface area contributed by atoms with Gasteiger partial charge < -0.3 is 15.1 Å². The molecule has 1 N–H and O–H groups in total. The van der Waals surface area contributed by atoms with Gasteiger partial charge >= 0.3 is 0 Å². The lowest BCUT2D eigenvalue weighted by Crippen LogP contribution is -2.46. The van der Waals surface area contributed by atoms with Crippen molar-refractivity contribution in [3.05, 3.63) is 12.5 Å². The van der Waals surface area contributed by atoms with Crippen LogP contribution in [0.5, 0.6) is 0 Å². The molecule has 7 nitrogen and oxygen atoms in total. The normalized spacial score (nSPS) is 17.2. The van der Waals surface area contributed by atoms with Gasteiger partial charge in [-0.1, -0.05) is 6.92 Å². The van der Waals surface area contributed by atoms with Crippen LogP contribution in [0.15, 0.2) is 12.5 Å². The Bertz CT molecular complexity index is 601. The van der Waals surface area contributed by atoms with Crippen LogP contribution in [0.3, 0.4) is 0 Å². The molecule has 22 heavy (non-hydrogen) atoms. The summed E-state index contributed by atoms with van der Waals surface area (Å²) in [5.41, 5.74) is 0.869. The van der Waals surface area contributed by atoms with E-state index in [2.05, 4.69) is 37.1 Å². The first-order valence-electron chi connectivity index (χ1n) is 8.09. The van der Waals surface area contributed by atoms with Gasteiger partial charge in [0.2, 0.25) is 0 Å². The molecule has 0 unspecified atom stereocenters. The van der Waals surface area contributed by atoms with Gasteiger partial charge in [0.1, 0.15) is 12.1 Å². The minimum atomic E-state index is 0.869. The third-order valence-electron chi connectivity index (χ3n) is 4.39. The summed E-state index contributed by atoms with van der Waals surface area (Å²) in [7, 11) is 1.90. The summed E-state index contributed by atoms with van der Waals surface area (Å²) in [6, 6.07) is 0. The number of hydrogen-bond donors (Lipinski definition) is 1. The molecule has 0 bridgehead atoms. The highest BCUT2D eigenvalue weighted by Gasteiger charge is 2.14. The number of aromatic nitrogens is 4. The molecule has 120 valence electrons. The molecule has 3 rings (SSSR count). The molecule has 7 heteroatoms. The summed E-state index contributed by atoms with van der Waals surface area (Å²) >= 11 is 0. The minimum Gasteiger partial charge on any atom is -0.369 e. The van der Waals surface area contributed by atoms with Crippen molar-refractivity contribution >= 4 is 16.9 Å². The molecule has 0 saturated carbocycles. The average molecular weight is 303 g/mol. The summed E-state index contributed by atoms with van der Waals surface area (Å²) in [5.74, 6) is 0.883. The maximum Gasteiger partial charge on any atom is 0.163 e. The molecular weight excluding hydrogens is 278 g/mol. The van der Waals surface area contributed by atoms with E-state index >= 15 is 0 Å². The zero-order valence-corrected chi connectivity index (χ0v) is 13.5. The van der Waals surface area contributed by atoms with E-state index in [1.807, 2.05) is 13.2 Å². The number of aryl methyl sites for hydroxylation is 1. The predicted molar refractivity (Wildman–Crippen MR) is 88.0 cm³/mol. The lowest BCUT2D eigenvalue weighted by molar-refractivity contribution is 0.137. The van der Waals surface area contributed by atoms with Crippen molar-refractivity contribution in [1.82, 2.24) is 29.5 Å². The topological polar surface area (TPSA) is 62.1 Å². The average Bonchev–Trinajstić information content (AvgIpc) is 2.94. The van der Waals surface area contributed by atoms with Crippen LogP contribution in [0.2, 0.25) is 0 Å². The first-order chi connectivity index (χ1) is 10.8. The summed E-state index contributed by atoms with van der Waals surface area (Å²) in [4.78, 5) is 13.6. The van der Waals surface area contributed by atoms with Gasteiger partial charge in [-0.2, -0.15) is 5.10 Å². The number of hydrogen-bond acceptors (Lipinski definition) is 6. The van der Waals surface area contributed by atoms with Gasteiger partial charge in [0.25, 0.3) is 0 Å².